The van der Waals surface area contributed by atoms with Crippen LogP contribution in [0.5, 0.6) is 0 Å². The summed E-state index contributed by atoms with van der Waals surface area (Å²) in [6.45, 7) is 3.98. The zero-order chi connectivity index (χ0) is 11.6. The predicted octanol–water partition coefficient (Wildman–Crippen LogP) is -1.14. The molecule has 90 valence electrons. The van der Waals surface area contributed by atoms with Crippen molar-refractivity contribution in [2.24, 2.45) is 5.41 Å². The van der Waals surface area contributed by atoms with Gasteiger partial charge in [-0.25, -0.2) is 0 Å². The fourth-order valence-corrected chi connectivity index (χ4v) is 2.09. The maximum absolute atomic E-state index is 11.1. The maximum Gasteiger partial charge on any atom is 0.315 e. The molecular weight excluding hydrogens is 212 g/mol. The van der Waals surface area contributed by atoms with Crippen LogP contribution in [-0.4, -0.2) is 73.2 Å². The first kappa shape index (κ1) is 11.3. The summed E-state index contributed by atoms with van der Waals surface area (Å²) in [5, 5.41) is 9.14. The van der Waals surface area contributed by atoms with Crippen LogP contribution in [0.15, 0.2) is 0 Å². The molecule has 0 spiro atoms. The Morgan fingerprint density at radius 3 is 2.31 bits per heavy atom. The van der Waals surface area contributed by atoms with Crippen LogP contribution in [0, 0.1) is 5.41 Å². The van der Waals surface area contributed by atoms with E-state index in [-0.39, 0.29) is 0 Å². The number of carbonyl (C=O) groups excluding carboxylic acids is 1. The molecule has 2 rings (SSSR count). The molecule has 2 aliphatic heterocycles. The lowest BCUT2D eigenvalue weighted by atomic mass is 9.85. The van der Waals surface area contributed by atoms with E-state index >= 15 is 0 Å². The van der Waals surface area contributed by atoms with E-state index in [1.807, 2.05) is 0 Å². The van der Waals surface area contributed by atoms with Crippen LogP contribution in [-0.2, 0) is 14.3 Å². The van der Waals surface area contributed by atoms with Gasteiger partial charge in [0.25, 0.3) is 0 Å². The summed E-state index contributed by atoms with van der Waals surface area (Å²) in [6.07, 6.45) is 0.844. The van der Waals surface area contributed by atoms with E-state index in [2.05, 4.69) is 4.90 Å². The van der Waals surface area contributed by atoms with E-state index in [0.717, 1.165) is 19.5 Å². The molecular formula is C10H16N2O4. The van der Waals surface area contributed by atoms with Crippen molar-refractivity contribution in [2.75, 3.05) is 45.9 Å². The lowest BCUT2D eigenvalue weighted by Gasteiger charge is -2.43. The third-order valence-corrected chi connectivity index (χ3v) is 3.29. The Labute approximate surface area is 93.8 Å². The van der Waals surface area contributed by atoms with Crippen molar-refractivity contribution >= 4 is 12.4 Å². The lowest BCUT2D eigenvalue weighted by molar-refractivity contribution is -0.184. The van der Waals surface area contributed by atoms with E-state index in [9.17, 15) is 9.59 Å². The smallest absolute Gasteiger partial charge is 0.315 e. The topological polar surface area (TPSA) is 70.1 Å². The number of hydrogen-bond acceptors (Lipinski definition) is 4. The number of piperazine rings is 1. The molecule has 2 heterocycles. The molecule has 0 aliphatic carbocycles. The van der Waals surface area contributed by atoms with Gasteiger partial charge in [0.15, 0.2) is 0 Å². The van der Waals surface area contributed by atoms with Crippen molar-refractivity contribution in [1.29, 1.82) is 0 Å². The Balaban J connectivity index is 1.86. The molecule has 0 saturated carbocycles. The normalized spacial score (nSPS) is 24.9. The lowest BCUT2D eigenvalue weighted by Crippen LogP contribution is -2.58. The quantitative estimate of drug-likeness (QED) is 0.616. The van der Waals surface area contributed by atoms with Crippen molar-refractivity contribution in [3.8, 4) is 0 Å². The standard InChI is InChI=1S/C10H16N2O4/c13-8-12-3-1-11(2-4-12)5-10(9(14)15)6-16-7-10/h8H,1-7H2,(H,14,15). The molecule has 2 aliphatic rings. The van der Waals surface area contributed by atoms with Crippen LogP contribution in [0.2, 0.25) is 0 Å². The first-order valence-corrected chi connectivity index (χ1v) is 5.39. The summed E-state index contributed by atoms with van der Waals surface area (Å²) in [6, 6.07) is 0. The summed E-state index contributed by atoms with van der Waals surface area (Å²) < 4.78 is 5.01. The Morgan fingerprint density at radius 1 is 1.31 bits per heavy atom. The highest BCUT2D eigenvalue weighted by atomic mass is 16.5. The van der Waals surface area contributed by atoms with E-state index in [1.54, 1.807) is 4.90 Å². The van der Waals surface area contributed by atoms with Gasteiger partial charge in [-0.15, -0.1) is 0 Å². The van der Waals surface area contributed by atoms with Crippen molar-refractivity contribution in [1.82, 2.24) is 9.80 Å². The maximum atomic E-state index is 11.1. The molecule has 6 heteroatoms. The number of aliphatic carboxylic acids is 1. The fourth-order valence-electron chi connectivity index (χ4n) is 2.09. The summed E-state index contributed by atoms with van der Waals surface area (Å²) in [5.41, 5.74) is -0.719. The van der Waals surface area contributed by atoms with Crippen LogP contribution in [0.3, 0.4) is 0 Å². The van der Waals surface area contributed by atoms with Gasteiger partial charge in [0.2, 0.25) is 6.41 Å². The molecule has 0 aromatic heterocycles. The Kier molecular flexibility index (Phi) is 3.11. The molecule has 0 unspecified atom stereocenters. The molecule has 2 saturated heterocycles. The molecule has 0 aromatic carbocycles. The van der Waals surface area contributed by atoms with Crippen LogP contribution < -0.4 is 0 Å². The van der Waals surface area contributed by atoms with Gasteiger partial charge < -0.3 is 14.7 Å². The van der Waals surface area contributed by atoms with Crippen molar-refractivity contribution in [3.63, 3.8) is 0 Å². The minimum atomic E-state index is -0.781. The first-order valence-electron chi connectivity index (χ1n) is 5.39. The van der Waals surface area contributed by atoms with Gasteiger partial charge in [-0.1, -0.05) is 0 Å². The second-order valence-electron chi connectivity index (χ2n) is 4.50. The second-order valence-corrected chi connectivity index (χ2v) is 4.50. The minimum absolute atomic E-state index is 0.302. The SMILES string of the molecule is O=CN1CCN(CC2(C(=O)O)COC2)CC1. The molecule has 16 heavy (non-hydrogen) atoms. The van der Waals surface area contributed by atoms with E-state index in [1.165, 1.54) is 0 Å². The Bertz CT molecular complexity index is 283. The number of carbonyl (C=O) groups is 2. The van der Waals surface area contributed by atoms with Gasteiger partial charge in [0.05, 0.1) is 13.2 Å². The summed E-state index contributed by atoms with van der Waals surface area (Å²) >= 11 is 0. The molecule has 0 radical (unpaired) electrons. The average molecular weight is 228 g/mol. The molecule has 6 nitrogen and oxygen atoms in total. The van der Waals surface area contributed by atoms with Crippen molar-refractivity contribution < 1.29 is 19.4 Å². The predicted molar refractivity (Wildman–Crippen MR) is 55.0 cm³/mol. The Hall–Kier alpha value is -1.14. The summed E-state index contributed by atoms with van der Waals surface area (Å²) in [7, 11) is 0. The number of ether oxygens (including phenoxy) is 1. The van der Waals surface area contributed by atoms with Crippen LogP contribution in [0.1, 0.15) is 0 Å². The van der Waals surface area contributed by atoms with Crippen LogP contribution >= 0.6 is 0 Å². The highest BCUT2D eigenvalue weighted by Gasteiger charge is 2.47. The number of nitrogens with zero attached hydrogens (tertiary/aromatic N) is 2. The monoisotopic (exact) mass is 228 g/mol. The molecule has 1 N–H and O–H groups in total. The number of carboxylic acids is 1. The third-order valence-electron chi connectivity index (χ3n) is 3.29. The minimum Gasteiger partial charge on any atom is -0.481 e. The van der Waals surface area contributed by atoms with Crippen LogP contribution in [0.25, 0.3) is 0 Å². The Morgan fingerprint density at radius 2 is 1.94 bits per heavy atom. The van der Waals surface area contributed by atoms with Crippen molar-refractivity contribution in [2.45, 2.75) is 0 Å². The molecule has 0 bridgehead atoms. The first-order chi connectivity index (χ1) is 7.66. The van der Waals surface area contributed by atoms with E-state index < -0.39 is 11.4 Å². The summed E-state index contributed by atoms with van der Waals surface area (Å²) in [4.78, 5) is 25.4. The molecule has 0 aromatic rings. The molecule has 1 amide bonds. The van der Waals surface area contributed by atoms with Gasteiger partial charge in [-0.05, 0) is 0 Å². The second kappa shape index (κ2) is 4.39. The van der Waals surface area contributed by atoms with Gasteiger partial charge in [0, 0.05) is 32.7 Å². The van der Waals surface area contributed by atoms with Gasteiger partial charge in [-0.3, -0.25) is 14.5 Å². The highest BCUT2D eigenvalue weighted by molar-refractivity contribution is 5.76. The number of amides is 1. The van der Waals surface area contributed by atoms with Gasteiger partial charge >= 0.3 is 5.97 Å². The fraction of sp³-hybridized carbons (Fsp3) is 0.800. The zero-order valence-corrected chi connectivity index (χ0v) is 9.09. The van der Waals surface area contributed by atoms with E-state index in [0.29, 0.717) is 32.8 Å². The van der Waals surface area contributed by atoms with Crippen molar-refractivity contribution in [3.05, 3.63) is 0 Å². The van der Waals surface area contributed by atoms with Gasteiger partial charge in [-0.2, -0.15) is 0 Å². The number of hydrogen-bond donors (Lipinski definition) is 1. The molecule has 0 atom stereocenters. The largest absolute Gasteiger partial charge is 0.481 e. The zero-order valence-electron chi connectivity index (χ0n) is 9.09. The summed E-state index contributed by atoms with van der Waals surface area (Å²) in [5.74, 6) is -0.781. The van der Waals surface area contributed by atoms with Gasteiger partial charge in [0.1, 0.15) is 5.41 Å². The number of rotatable bonds is 4. The third kappa shape index (κ3) is 2.03. The van der Waals surface area contributed by atoms with Crippen LogP contribution in [0.4, 0.5) is 0 Å². The van der Waals surface area contributed by atoms with E-state index in [4.69, 9.17) is 9.84 Å². The highest BCUT2D eigenvalue weighted by Crippen LogP contribution is 2.29. The average Bonchev–Trinajstić information content (AvgIpc) is 2.24. The molecule has 2 fully saturated rings. The number of carboxylic acid groups (broad SMARTS) is 1.